The fraction of sp³-hybridized carbons (Fsp3) is 0.143. The lowest BCUT2D eigenvalue weighted by atomic mass is 10.2. The molecule has 0 bridgehead atoms. The summed E-state index contributed by atoms with van der Waals surface area (Å²) in [6.07, 6.45) is 0. The van der Waals surface area contributed by atoms with Gasteiger partial charge in [-0.1, -0.05) is 53.0 Å². The first-order valence-corrected chi connectivity index (χ1v) is 5.44. The van der Waals surface area contributed by atoms with Crippen LogP contribution in [0.5, 0.6) is 0 Å². The summed E-state index contributed by atoms with van der Waals surface area (Å²) in [5, 5.41) is 0. The lowest BCUT2D eigenvalue weighted by molar-refractivity contribution is 0.563. The summed E-state index contributed by atoms with van der Waals surface area (Å²) in [5.74, 6) is 0. The fourth-order valence-corrected chi connectivity index (χ4v) is 2.12. The van der Waals surface area contributed by atoms with Gasteiger partial charge in [0, 0.05) is 5.56 Å². The maximum Gasteiger partial charge on any atom is 0.217 e. The predicted octanol–water partition coefficient (Wildman–Crippen LogP) is 3.09. The van der Waals surface area contributed by atoms with Crippen molar-refractivity contribution in [3.63, 3.8) is 0 Å². The second-order valence-corrected chi connectivity index (χ2v) is 5.46. The molecule has 0 spiro atoms. The van der Waals surface area contributed by atoms with E-state index in [4.69, 9.17) is 39.4 Å². The number of hydrogen-bond donors (Lipinski definition) is 1. The van der Waals surface area contributed by atoms with Crippen molar-refractivity contribution in [3.05, 3.63) is 29.8 Å². The molecule has 2 nitrogen and oxygen atoms in total. The molecule has 1 aromatic rings. The first-order chi connectivity index (χ1) is 5.93. The van der Waals surface area contributed by atoms with Gasteiger partial charge in [0.05, 0.1) is 4.90 Å². The zero-order chi connectivity index (χ0) is 10.1. The van der Waals surface area contributed by atoms with Crippen LogP contribution in [0, 0.1) is 0 Å². The molecule has 1 unspecified atom stereocenters. The third-order valence-corrected chi connectivity index (χ3v) is 2.72. The predicted molar refractivity (Wildman–Crippen MR) is 54.7 cm³/mol. The van der Waals surface area contributed by atoms with E-state index in [1.54, 1.807) is 12.1 Å². The Balaban J connectivity index is 3.28. The number of benzene rings is 1. The first-order valence-electron chi connectivity index (χ1n) is 3.20. The highest BCUT2D eigenvalue weighted by Gasteiger charge is 2.27. The van der Waals surface area contributed by atoms with Crippen molar-refractivity contribution in [2.24, 2.45) is 0 Å². The van der Waals surface area contributed by atoms with E-state index in [1.165, 1.54) is 12.1 Å². The van der Waals surface area contributed by atoms with Gasteiger partial charge in [0.1, 0.15) is 0 Å². The van der Waals surface area contributed by atoms with E-state index in [9.17, 15) is 4.21 Å². The summed E-state index contributed by atoms with van der Waals surface area (Å²) >= 11 is 14.6. The van der Waals surface area contributed by atoms with Crippen molar-refractivity contribution in [1.29, 1.82) is 0 Å². The Bertz CT molecular complexity index is 335. The second kappa shape index (κ2) is 4.15. The third kappa shape index (κ3) is 2.82. The van der Waals surface area contributed by atoms with Crippen molar-refractivity contribution >= 4 is 45.9 Å². The summed E-state index contributed by atoms with van der Waals surface area (Å²) in [6, 6.07) is 6.17. The van der Waals surface area contributed by atoms with Crippen LogP contribution >= 0.6 is 34.8 Å². The van der Waals surface area contributed by atoms with E-state index in [0.29, 0.717) is 0 Å². The quantitative estimate of drug-likeness (QED) is 0.621. The molecule has 0 aromatic heterocycles. The third-order valence-electron chi connectivity index (χ3n) is 1.38. The molecule has 72 valence electrons. The van der Waals surface area contributed by atoms with Crippen LogP contribution in [0.15, 0.2) is 29.2 Å². The van der Waals surface area contributed by atoms with Crippen molar-refractivity contribution in [1.82, 2.24) is 0 Å². The van der Waals surface area contributed by atoms with E-state index in [0.717, 1.165) is 0 Å². The smallest absolute Gasteiger partial charge is 0.217 e. The van der Waals surface area contributed by atoms with Gasteiger partial charge in [-0.3, -0.25) is 0 Å². The zero-order valence-electron chi connectivity index (χ0n) is 6.21. The molecule has 0 radical (unpaired) electrons. The highest BCUT2D eigenvalue weighted by Crippen LogP contribution is 2.40. The number of hydrogen-bond acceptors (Lipinski definition) is 1. The van der Waals surface area contributed by atoms with Gasteiger partial charge >= 0.3 is 0 Å². The highest BCUT2D eigenvalue weighted by molar-refractivity contribution is 7.79. The van der Waals surface area contributed by atoms with E-state index in [1.807, 2.05) is 0 Å². The molecule has 1 aromatic carbocycles. The lowest BCUT2D eigenvalue weighted by Gasteiger charge is -2.13. The summed E-state index contributed by atoms with van der Waals surface area (Å²) in [7, 11) is 0. The topological polar surface area (TPSA) is 37.3 Å². The van der Waals surface area contributed by atoms with Gasteiger partial charge in [-0.05, 0) is 6.07 Å². The number of rotatable bonds is 1. The molecule has 0 saturated carbocycles. The van der Waals surface area contributed by atoms with Crippen molar-refractivity contribution in [2.75, 3.05) is 0 Å². The van der Waals surface area contributed by atoms with Crippen molar-refractivity contribution < 1.29 is 8.76 Å². The standard InChI is InChI=1S/C7H5Cl3O2S/c8-7(9,10)5-3-1-2-4-6(5)13(11)12/h1-4H,(H,11,12). The molecule has 0 aliphatic rings. The van der Waals surface area contributed by atoms with E-state index < -0.39 is 14.9 Å². The molecule has 0 aliphatic heterocycles. The van der Waals surface area contributed by atoms with E-state index >= 15 is 0 Å². The monoisotopic (exact) mass is 258 g/mol. The highest BCUT2D eigenvalue weighted by atomic mass is 35.6. The van der Waals surface area contributed by atoms with Crippen LogP contribution in [0.1, 0.15) is 5.56 Å². The van der Waals surface area contributed by atoms with Gasteiger partial charge in [0.25, 0.3) is 0 Å². The van der Waals surface area contributed by atoms with Gasteiger partial charge in [0.15, 0.2) is 11.1 Å². The van der Waals surface area contributed by atoms with E-state index in [-0.39, 0.29) is 10.5 Å². The minimum Gasteiger partial charge on any atom is -0.302 e. The zero-order valence-corrected chi connectivity index (χ0v) is 9.29. The molecular weight excluding hydrogens is 255 g/mol. The fourth-order valence-electron chi connectivity index (χ4n) is 0.853. The van der Waals surface area contributed by atoms with Gasteiger partial charge < -0.3 is 4.55 Å². The molecule has 1 rings (SSSR count). The van der Waals surface area contributed by atoms with Gasteiger partial charge in [-0.25, -0.2) is 4.21 Å². The molecule has 0 amide bonds. The summed E-state index contributed by atoms with van der Waals surface area (Å²) in [5.41, 5.74) is 0.223. The molecule has 1 atom stereocenters. The van der Waals surface area contributed by atoms with Gasteiger partial charge in [-0.15, -0.1) is 0 Å². The molecule has 0 fully saturated rings. The molecular formula is C7H5Cl3O2S. The average Bonchev–Trinajstić information content (AvgIpc) is 2.03. The molecule has 6 heteroatoms. The number of halogens is 3. The Hall–Kier alpha value is 0.200. The second-order valence-electron chi connectivity index (χ2n) is 2.24. The largest absolute Gasteiger partial charge is 0.302 e. The van der Waals surface area contributed by atoms with Crippen LogP contribution in [0.3, 0.4) is 0 Å². The Morgan fingerprint density at radius 3 is 2.15 bits per heavy atom. The van der Waals surface area contributed by atoms with Crippen LogP contribution in [-0.2, 0) is 14.9 Å². The minimum atomic E-state index is -2.14. The Labute approximate surface area is 93.1 Å². The lowest BCUT2D eigenvalue weighted by Crippen LogP contribution is -2.05. The van der Waals surface area contributed by atoms with Crippen LogP contribution in [0.25, 0.3) is 0 Å². The summed E-state index contributed by atoms with van der Waals surface area (Å²) in [4.78, 5) is 0.113. The Morgan fingerprint density at radius 2 is 1.77 bits per heavy atom. The normalized spacial score (nSPS) is 14.2. The first kappa shape index (κ1) is 11.3. The number of alkyl halides is 3. The summed E-state index contributed by atoms with van der Waals surface area (Å²) in [6.45, 7) is 0. The maximum atomic E-state index is 10.8. The molecule has 0 heterocycles. The SMILES string of the molecule is O=S(O)c1ccccc1C(Cl)(Cl)Cl. The molecule has 13 heavy (non-hydrogen) atoms. The van der Waals surface area contributed by atoms with Gasteiger partial charge in [0.2, 0.25) is 3.79 Å². The molecule has 1 N–H and O–H groups in total. The molecule has 0 aliphatic carbocycles. The Morgan fingerprint density at radius 1 is 1.23 bits per heavy atom. The van der Waals surface area contributed by atoms with Crippen LogP contribution in [0.2, 0.25) is 0 Å². The van der Waals surface area contributed by atoms with Crippen molar-refractivity contribution in [3.8, 4) is 0 Å². The summed E-state index contributed by atoms with van der Waals surface area (Å²) < 4.78 is 18.0. The van der Waals surface area contributed by atoms with Crippen LogP contribution < -0.4 is 0 Å². The van der Waals surface area contributed by atoms with Crippen LogP contribution in [-0.4, -0.2) is 8.76 Å². The Kier molecular flexibility index (Phi) is 3.60. The van der Waals surface area contributed by atoms with E-state index in [2.05, 4.69) is 0 Å². The average molecular weight is 260 g/mol. The van der Waals surface area contributed by atoms with Gasteiger partial charge in [-0.2, -0.15) is 0 Å². The maximum absolute atomic E-state index is 10.8. The van der Waals surface area contributed by atoms with Crippen molar-refractivity contribution in [2.45, 2.75) is 8.69 Å². The van der Waals surface area contributed by atoms with Crippen LogP contribution in [0.4, 0.5) is 0 Å². The molecule has 0 saturated heterocycles. The minimum absolute atomic E-state index is 0.113.